The van der Waals surface area contributed by atoms with Crippen LogP contribution in [0.25, 0.3) is 0 Å². The summed E-state index contributed by atoms with van der Waals surface area (Å²) in [4.78, 5) is 5.31. The van der Waals surface area contributed by atoms with E-state index in [9.17, 15) is 0 Å². The van der Waals surface area contributed by atoms with Gasteiger partial charge in [0.2, 0.25) is 0 Å². The second-order valence-corrected chi connectivity index (χ2v) is 7.26. The largest absolute Gasteiger partial charge is 0.366 e. The minimum Gasteiger partial charge on any atom is -0.366 e. The van der Waals surface area contributed by atoms with Crippen LogP contribution in [0.3, 0.4) is 0 Å². The molecule has 2 unspecified atom stereocenters. The van der Waals surface area contributed by atoms with E-state index in [1.54, 1.807) is 0 Å². The summed E-state index contributed by atoms with van der Waals surface area (Å²) in [7, 11) is 0. The molecule has 2 aliphatic rings. The number of halogens is 1. The zero-order valence-corrected chi connectivity index (χ0v) is 14.7. The molecule has 1 N–H and O–H groups in total. The molecule has 3 rings (SSSR count). The predicted octanol–water partition coefficient (Wildman–Crippen LogP) is 3.23. The average Bonchev–Trinajstić information content (AvgIpc) is 2.92. The SMILES string of the molecule is CCNCc1ccc(Br)cc1N1CC2CCCN2CC1C. The first-order valence-electron chi connectivity index (χ1n) is 8.19. The molecule has 0 spiro atoms. The highest BCUT2D eigenvalue weighted by atomic mass is 79.9. The Kier molecular flexibility index (Phi) is 4.87. The van der Waals surface area contributed by atoms with Crippen LogP contribution in [0.4, 0.5) is 5.69 Å². The summed E-state index contributed by atoms with van der Waals surface area (Å²) in [6.07, 6.45) is 2.73. The molecule has 0 saturated carbocycles. The van der Waals surface area contributed by atoms with Crippen molar-refractivity contribution in [2.75, 3.05) is 31.1 Å². The number of anilines is 1. The van der Waals surface area contributed by atoms with Gasteiger partial charge < -0.3 is 10.2 Å². The minimum atomic E-state index is 0.592. The van der Waals surface area contributed by atoms with Crippen LogP contribution in [0.2, 0.25) is 0 Å². The van der Waals surface area contributed by atoms with Crippen molar-refractivity contribution in [3.8, 4) is 0 Å². The van der Waals surface area contributed by atoms with Crippen molar-refractivity contribution in [3.63, 3.8) is 0 Å². The Morgan fingerprint density at radius 2 is 2.19 bits per heavy atom. The Hall–Kier alpha value is -0.580. The van der Waals surface area contributed by atoms with E-state index in [4.69, 9.17) is 0 Å². The number of nitrogens with one attached hydrogen (secondary N) is 1. The molecule has 0 bridgehead atoms. The fraction of sp³-hybridized carbons (Fsp3) is 0.647. The van der Waals surface area contributed by atoms with Crippen LogP contribution < -0.4 is 10.2 Å². The van der Waals surface area contributed by atoms with Gasteiger partial charge in [-0.15, -0.1) is 0 Å². The Bertz CT molecular complexity index is 491. The van der Waals surface area contributed by atoms with Gasteiger partial charge in [-0.3, -0.25) is 4.90 Å². The van der Waals surface area contributed by atoms with Crippen LogP contribution in [0.5, 0.6) is 0 Å². The van der Waals surface area contributed by atoms with Crippen LogP contribution in [0.15, 0.2) is 22.7 Å². The number of benzene rings is 1. The van der Waals surface area contributed by atoms with Gasteiger partial charge in [0.05, 0.1) is 0 Å². The van der Waals surface area contributed by atoms with Gasteiger partial charge in [0, 0.05) is 41.9 Å². The fourth-order valence-electron chi connectivity index (χ4n) is 3.74. The number of rotatable bonds is 4. The van der Waals surface area contributed by atoms with E-state index in [-0.39, 0.29) is 0 Å². The van der Waals surface area contributed by atoms with Crippen LogP contribution in [-0.4, -0.2) is 43.2 Å². The topological polar surface area (TPSA) is 18.5 Å². The summed E-state index contributed by atoms with van der Waals surface area (Å²) in [6.45, 7) is 10.2. The maximum absolute atomic E-state index is 3.65. The van der Waals surface area contributed by atoms with Gasteiger partial charge >= 0.3 is 0 Å². The molecule has 0 radical (unpaired) electrons. The van der Waals surface area contributed by atoms with Crippen molar-refractivity contribution in [1.29, 1.82) is 0 Å². The van der Waals surface area contributed by atoms with Crippen molar-refractivity contribution in [2.24, 2.45) is 0 Å². The molecule has 116 valence electrons. The lowest BCUT2D eigenvalue weighted by Crippen LogP contribution is -2.55. The first kappa shape index (κ1) is 15.3. The fourth-order valence-corrected chi connectivity index (χ4v) is 4.09. The first-order chi connectivity index (χ1) is 10.2. The highest BCUT2D eigenvalue weighted by Gasteiger charge is 2.35. The molecule has 1 aromatic carbocycles. The Balaban J connectivity index is 1.85. The highest BCUT2D eigenvalue weighted by Crippen LogP contribution is 2.32. The van der Waals surface area contributed by atoms with Crippen molar-refractivity contribution in [2.45, 2.75) is 45.3 Å². The molecule has 21 heavy (non-hydrogen) atoms. The minimum absolute atomic E-state index is 0.592. The van der Waals surface area contributed by atoms with Gasteiger partial charge in [-0.1, -0.05) is 28.9 Å². The third-order valence-corrected chi connectivity index (χ3v) is 5.35. The predicted molar refractivity (Wildman–Crippen MR) is 92.9 cm³/mol. The number of nitrogens with zero attached hydrogens (tertiary/aromatic N) is 2. The summed E-state index contributed by atoms with van der Waals surface area (Å²) in [5.74, 6) is 0. The molecule has 2 saturated heterocycles. The lowest BCUT2D eigenvalue weighted by Gasteiger charge is -2.44. The molecule has 0 aromatic heterocycles. The molecule has 2 atom stereocenters. The van der Waals surface area contributed by atoms with Gasteiger partial charge in [-0.05, 0) is 50.6 Å². The van der Waals surface area contributed by atoms with Gasteiger partial charge in [0.25, 0.3) is 0 Å². The van der Waals surface area contributed by atoms with Crippen LogP contribution in [0.1, 0.15) is 32.3 Å². The number of hydrogen-bond donors (Lipinski definition) is 1. The summed E-state index contributed by atoms with van der Waals surface area (Å²) in [5.41, 5.74) is 2.82. The molecule has 2 aliphatic heterocycles. The van der Waals surface area contributed by atoms with Crippen LogP contribution in [0, 0.1) is 0 Å². The third-order valence-electron chi connectivity index (χ3n) is 4.86. The molecule has 0 aliphatic carbocycles. The van der Waals surface area contributed by atoms with Crippen molar-refractivity contribution in [1.82, 2.24) is 10.2 Å². The monoisotopic (exact) mass is 351 g/mol. The Morgan fingerprint density at radius 1 is 1.33 bits per heavy atom. The van der Waals surface area contributed by atoms with Crippen LogP contribution in [-0.2, 0) is 6.54 Å². The van der Waals surface area contributed by atoms with Gasteiger partial charge in [-0.25, -0.2) is 0 Å². The van der Waals surface area contributed by atoms with E-state index in [0.717, 1.165) is 19.1 Å². The second kappa shape index (κ2) is 6.67. The van der Waals surface area contributed by atoms with Crippen LogP contribution >= 0.6 is 15.9 Å². The molecule has 3 nitrogen and oxygen atoms in total. The highest BCUT2D eigenvalue weighted by molar-refractivity contribution is 9.10. The van der Waals surface area contributed by atoms with Crippen molar-refractivity contribution < 1.29 is 0 Å². The Morgan fingerprint density at radius 3 is 3.00 bits per heavy atom. The normalized spacial score (nSPS) is 26.1. The third kappa shape index (κ3) is 3.27. The van der Waals surface area contributed by atoms with E-state index in [2.05, 4.69) is 63.1 Å². The standard InChI is InChI=1S/C17H26BrN3/c1-3-19-10-14-6-7-15(18)9-17(14)21-12-16-5-4-8-20(16)11-13(21)2/h6-7,9,13,16,19H,3-5,8,10-12H2,1-2H3. The summed E-state index contributed by atoms with van der Waals surface area (Å²) in [6, 6.07) is 8.07. The van der Waals surface area contributed by atoms with Gasteiger partial charge in [0.1, 0.15) is 0 Å². The van der Waals surface area contributed by atoms with E-state index < -0.39 is 0 Å². The molecule has 2 heterocycles. The average molecular weight is 352 g/mol. The maximum atomic E-state index is 3.65. The number of hydrogen-bond acceptors (Lipinski definition) is 3. The molecular weight excluding hydrogens is 326 g/mol. The molecule has 4 heteroatoms. The molecular formula is C17H26BrN3. The smallest absolute Gasteiger partial charge is 0.0426 e. The molecule has 1 aromatic rings. The van der Waals surface area contributed by atoms with Gasteiger partial charge in [0.15, 0.2) is 0 Å². The lowest BCUT2D eigenvalue weighted by molar-refractivity contribution is 0.202. The van der Waals surface area contributed by atoms with Gasteiger partial charge in [-0.2, -0.15) is 0 Å². The lowest BCUT2D eigenvalue weighted by atomic mass is 10.0. The summed E-state index contributed by atoms with van der Waals surface area (Å²) in [5, 5.41) is 3.47. The second-order valence-electron chi connectivity index (χ2n) is 6.35. The van der Waals surface area contributed by atoms with E-state index in [1.807, 2.05) is 0 Å². The summed E-state index contributed by atoms with van der Waals surface area (Å²) >= 11 is 3.65. The quantitative estimate of drug-likeness (QED) is 0.898. The Labute approximate surface area is 136 Å². The van der Waals surface area contributed by atoms with Crippen molar-refractivity contribution in [3.05, 3.63) is 28.2 Å². The van der Waals surface area contributed by atoms with Crippen molar-refractivity contribution >= 4 is 21.6 Å². The van der Waals surface area contributed by atoms with E-state index in [1.165, 1.54) is 48.2 Å². The molecule has 0 amide bonds. The van der Waals surface area contributed by atoms with E-state index in [0.29, 0.717) is 6.04 Å². The summed E-state index contributed by atoms with van der Waals surface area (Å²) < 4.78 is 1.18. The maximum Gasteiger partial charge on any atom is 0.0426 e. The number of fused-ring (bicyclic) bond motifs is 1. The first-order valence-corrected chi connectivity index (χ1v) is 8.98. The van der Waals surface area contributed by atoms with E-state index >= 15 is 0 Å². The molecule has 2 fully saturated rings. The zero-order valence-electron chi connectivity index (χ0n) is 13.1. The number of piperazine rings is 1. The zero-order chi connectivity index (χ0) is 14.8.